The van der Waals surface area contributed by atoms with E-state index < -0.39 is 24.7 Å². The average molecular weight is 405 g/mol. The lowest BCUT2D eigenvalue weighted by Crippen LogP contribution is -2.57. The summed E-state index contributed by atoms with van der Waals surface area (Å²) in [5, 5.41) is 9.12. The monoisotopic (exact) mass is 404 g/mol. The van der Waals surface area contributed by atoms with Crippen molar-refractivity contribution in [2.45, 2.75) is 12.2 Å². The molecule has 1 aromatic heterocycles. The fourth-order valence-corrected chi connectivity index (χ4v) is 2.85. The smallest absolute Gasteiger partial charge is 0.350 e. The minimum atomic E-state index is -4.43. The van der Waals surface area contributed by atoms with Gasteiger partial charge >= 0.3 is 6.18 Å². The van der Waals surface area contributed by atoms with Gasteiger partial charge in [-0.15, -0.1) is 12.4 Å². The minimum Gasteiger partial charge on any atom is -0.350 e. The van der Waals surface area contributed by atoms with Crippen molar-refractivity contribution in [3.05, 3.63) is 42.2 Å². The van der Waals surface area contributed by atoms with E-state index in [1.165, 1.54) is 11.0 Å². The highest BCUT2D eigenvalue weighted by Crippen LogP contribution is 2.25. The normalized spacial score (nSPS) is 16.4. The molecule has 148 valence electrons. The van der Waals surface area contributed by atoms with Crippen molar-refractivity contribution < 1.29 is 22.5 Å². The van der Waals surface area contributed by atoms with Crippen LogP contribution in [0.15, 0.2) is 40.9 Å². The van der Waals surface area contributed by atoms with Crippen molar-refractivity contribution in [1.29, 1.82) is 0 Å². The standard InChI is InChI=1S/C17H19F3N4O2.ClH/c18-17(19,20)15(24-8-6-21-7-9-24)11-22-16(25)14-10-13(23-26-14)12-4-2-1-3-5-12;/h1-5,10,15,21H,6-9,11H2,(H,22,25);1H. The van der Waals surface area contributed by atoms with Gasteiger partial charge in [0, 0.05) is 44.4 Å². The van der Waals surface area contributed by atoms with Crippen molar-refractivity contribution in [3.63, 3.8) is 0 Å². The molecule has 0 spiro atoms. The summed E-state index contributed by atoms with van der Waals surface area (Å²) in [7, 11) is 0. The van der Waals surface area contributed by atoms with Crippen LogP contribution in [0.1, 0.15) is 10.6 Å². The molecule has 1 atom stereocenters. The number of carbonyl (C=O) groups is 1. The van der Waals surface area contributed by atoms with E-state index in [1.54, 1.807) is 12.1 Å². The second-order valence-electron chi connectivity index (χ2n) is 6.00. The largest absolute Gasteiger partial charge is 0.405 e. The number of aromatic nitrogens is 1. The lowest BCUT2D eigenvalue weighted by Gasteiger charge is -2.35. The first-order chi connectivity index (χ1) is 12.4. The summed E-state index contributed by atoms with van der Waals surface area (Å²) in [6.07, 6.45) is -4.43. The van der Waals surface area contributed by atoms with Crippen LogP contribution in [0.2, 0.25) is 0 Å². The van der Waals surface area contributed by atoms with E-state index in [0.29, 0.717) is 18.8 Å². The molecule has 1 aromatic carbocycles. The molecule has 1 fully saturated rings. The summed E-state index contributed by atoms with van der Waals surface area (Å²) < 4.78 is 45.0. The maximum Gasteiger partial charge on any atom is 0.405 e. The van der Waals surface area contributed by atoms with Gasteiger partial charge in [-0.3, -0.25) is 9.69 Å². The Labute approximate surface area is 160 Å². The summed E-state index contributed by atoms with van der Waals surface area (Å²) >= 11 is 0. The quantitative estimate of drug-likeness (QED) is 0.800. The van der Waals surface area contributed by atoms with Crippen LogP contribution in [0, 0.1) is 0 Å². The van der Waals surface area contributed by atoms with Crippen LogP contribution in [0.25, 0.3) is 11.3 Å². The van der Waals surface area contributed by atoms with Crippen molar-refractivity contribution in [2.75, 3.05) is 32.7 Å². The Kier molecular flexibility index (Phi) is 7.23. The fourth-order valence-electron chi connectivity index (χ4n) is 2.85. The SMILES string of the molecule is Cl.O=C(NCC(N1CCNCC1)C(F)(F)F)c1cc(-c2ccccc2)no1. The minimum absolute atomic E-state index is 0. The first-order valence-corrected chi connectivity index (χ1v) is 8.27. The zero-order valence-electron chi connectivity index (χ0n) is 14.3. The molecule has 0 radical (unpaired) electrons. The first kappa shape index (κ1) is 21.2. The lowest BCUT2D eigenvalue weighted by atomic mass is 10.1. The molecule has 27 heavy (non-hydrogen) atoms. The molecule has 6 nitrogen and oxygen atoms in total. The van der Waals surface area contributed by atoms with Crippen molar-refractivity contribution in [1.82, 2.24) is 20.7 Å². The van der Waals surface area contributed by atoms with Gasteiger partial charge in [0.05, 0.1) is 0 Å². The zero-order chi connectivity index (χ0) is 18.6. The van der Waals surface area contributed by atoms with E-state index >= 15 is 0 Å². The van der Waals surface area contributed by atoms with E-state index in [0.717, 1.165) is 5.56 Å². The van der Waals surface area contributed by atoms with Crippen molar-refractivity contribution >= 4 is 18.3 Å². The number of nitrogens with one attached hydrogen (secondary N) is 2. The number of benzene rings is 1. The van der Waals surface area contributed by atoms with Crippen LogP contribution < -0.4 is 10.6 Å². The third kappa shape index (κ3) is 5.44. The van der Waals surface area contributed by atoms with Gasteiger partial charge in [-0.2, -0.15) is 13.2 Å². The summed E-state index contributed by atoms with van der Waals surface area (Å²) in [5.74, 6) is -0.839. The Bertz CT molecular complexity index is 733. The molecule has 2 heterocycles. The van der Waals surface area contributed by atoms with Crippen LogP contribution in [0.3, 0.4) is 0 Å². The predicted molar refractivity (Wildman–Crippen MR) is 95.8 cm³/mol. The summed E-state index contributed by atoms with van der Waals surface area (Å²) in [4.78, 5) is 13.5. The molecule has 1 aliphatic heterocycles. The van der Waals surface area contributed by atoms with Gasteiger partial charge in [0.25, 0.3) is 5.91 Å². The van der Waals surface area contributed by atoms with Crippen LogP contribution in [0.4, 0.5) is 13.2 Å². The topological polar surface area (TPSA) is 70.4 Å². The van der Waals surface area contributed by atoms with E-state index in [-0.39, 0.29) is 31.3 Å². The van der Waals surface area contributed by atoms with E-state index in [1.807, 2.05) is 18.2 Å². The number of halogens is 4. The molecule has 10 heteroatoms. The van der Waals surface area contributed by atoms with Crippen LogP contribution in [-0.2, 0) is 0 Å². The summed E-state index contributed by atoms with van der Waals surface area (Å²) in [6, 6.07) is 8.73. The number of alkyl halides is 3. The maximum absolute atomic E-state index is 13.3. The molecule has 1 saturated heterocycles. The maximum atomic E-state index is 13.3. The van der Waals surface area contributed by atoms with Gasteiger partial charge < -0.3 is 15.2 Å². The van der Waals surface area contributed by atoms with Crippen molar-refractivity contribution in [2.24, 2.45) is 0 Å². The molecular formula is C17H20ClF3N4O2. The van der Waals surface area contributed by atoms with E-state index in [2.05, 4.69) is 15.8 Å². The van der Waals surface area contributed by atoms with E-state index in [9.17, 15) is 18.0 Å². The highest BCUT2D eigenvalue weighted by molar-refractivity contribution is 5.92. The van der Waals surface area contributed by atoms with Crippen LogP contribution in [-0.4, -0.2) is 60.9 Å². The molecule has 3 rings (SSSR count). The number of nitrogens with zero attached hydrogens (tertiary/aromatic N) is 2. The number of piperazine rings is 1. The fraction of sp³-hybridized carbons (Fsp3) is 0.412. The number of rotatable bonds is 5. The van der Waals surface area contributed by atoms with E-state index in [4.69, 9.17) is 4.52 Å². The number of hydrogen-bond acceptors (Lipinski definition) is 5. The summed E-state index contributed by atoms with van der Waals surface area (Å²) in [6.45, 7) is 0.997. The molecule has 2 aromatic rings. The Hall–Kier alpha value is -2.10. The first-order valence-electron chi connectivity index (χ1n) is 8.27. The third-order valence-electron chi connectivity index (χ3n) is 4.23. The van der Waals surface area contributed by atoms with Crippen LogP contribution in [0.5, 0.6) is 0 Å². The highest BCUT2D eigenvalue weighted by atomic mass is 35.5. The van der Waals surface area contributed by atoms with Gasteiger partial charge in [-0.1, -0.05) is 35.5 Å². The molecule has 0 aliphatic carbocycles. The molecule has 1 unspecified atom stereocenters. The number of amides is 1. The molecule has 1 amide bonds. The van der Waals surface area contributed by atoms with Gasteiger partial charge in [0.15, 0.2) is 0 Å². The Morgan fingerprint density at radius 2 is 1.93 bits per heavy atom. The number of hydrogen-bond donors (Lipinski definition) is 2. The zero-order valence-corrected chi connectivity index (χ0v) is 15.1. The average Bonchev–Trinajstić information content (AvgIpc) is 3.12. The summed E-state index contributed by atoms with van der Waals surface area (Å²) in [5.41, 5.74) is 1.20. The van der Waals surface area contributed by atoms with Crippen molar-refractivity contribution in [3.8, 4) is 11.3 Å². The third-order valence-corrected chi connectivity index (χ3v) is 4.23. The molecule has 1 aliphatic rings. The molecule has 0 bridgehead atoms. The Morgan fingerprint density at radius 1 is 1.26 bits per heavy atom. The van der Waals surface area contributed by atoms with Crippen LogP contribution >= 0.6 is 12.4 Å². The number of carbonyl (C=O) groups excluding carboxylic acids is 1. The van der Waals surface area contributed by atoms with Gasteiger partial charge in [-0.05, 0) is 0 Å². The van der Waals surface area contributed by atoms with Gasteiger partial charge in [0.2, 0.25) is 5.76 Å². The molecule has 2 N–H and O–H groups in total. The molecular weight excluding hydrogens is 385 g/mol. The Balaban J connectivity index is 0.00000261. The highest BCUT2D eigenvalue weighted by Gasteiger charge is 2.43. The Morgan fingerprint density at radius 3 is 2.56 bits per heavy atom. The second kappa shape index (κ2) is 9.20. The predicted octanol–water partition coefficient (Wildman–Crippen LogP) is 2.33. The van der Waals surface area contributed by atoms with Gasteiger partial charge in [-0.25, -0.2) is 0 Å². The second-order valence-corrected chi connectivity index (χ2v) is 6.00. The van der Waals surface area contributed by atoms with Gasteiger partial charge in [0.1, 0.15) is 11.7 Å². The molecule has 0 saturated carbocycles. The lowest BCUT2D eigenvalue weighted by molar-refractivity contribution is -0.183.